The van der Waals surface area contributed by atoms with Crippen molar-refractivity contribution in [3.63, 3.8) is 0 Å². The fourth-order valence-electron chi connectivity index (χ4n) is 6.00. The van der Waals surface area contributed by atoms with Crippen LogP contribution in [0.3, 0.4) is 0 Å². The molecule has 2 heterocycles. The van der Waals surface area contributed by atoms with Crippen LogP contribution in [0.25, 0.3) is 0 Å². The summed E-state index contributed by atoms with van der Waals surface area (Å²) in [6.07, 6.45) is 7.82. The molecular weight excluding hydrogens is 400 g/mol. The van der Waals surface area contributed by atoms with Crippen molar-refractivity contribution >= 4 is 11.8 Å². The third kappa shape index (κ3) is 3.73. The Morgan fingerprint density at radius 2 is 1.59 bits per heavy atom. The van der Waals surface area contributed by atoms with E-state index < -0.39 is 0 Å². The van der Waals surface area contributed by atoms with Gasteiger partial charge in [-0.1, -0.05) is 37.1 Å². The second kappa shape index (κ2) is 9.07. The predicted octanol–water partition coefficient (Wildman–Crippen LogP) is 4.66. The molecule has 5 nitrogen and oxygen atoms in total. The van der Waals surface area contributed by atoms with Gasteiger partial charge in [-0.2, -0.15) is 0 Å². The van der Waals surface area contributed by atoms with E-state index in [2.05, 4.69) is 23.1 Å². The monoisotopic (exact) mass is 432 g/mol. The van der Waals surface area contributed by atoms with E-state index in [1.54, 1.807) is 19.2 Å². The van der Waals surface area contributed by atoms with Gasteiger partial charge in [-0.15, -0.1) is 0 Å². The first-order chi connectivity index (χ1) is 15.7. The molecule has 5 heteroatoms. The van der Waals surface area contributed by atoms with Gasteiger partial charge in [0.05, 0.1) is 18.2 Å². The Kier molecular flexibility index (Phi) is 6.01. The van der Waals surface area contributed by atoms with Crippen molar-refractivity contribution in [3.8, 4) is 5.75 Å². The first kappa shape index (κ1) is 21.2. The summed E-state index contributed by atoms with van der Waals surface area (Å²) in [6, 6.07) is 14.3. The van der Waals surface area contributed by atoms with Crippen LogP contribution >= 0.6 is 0 Å². The lowest BCUT2D eigenvalue weighted by atomic mass is 9.79. The smallest absolute Gasteiger partial charge is 0.261 e. The number of methoxy groups -OCH3 is 1. The molecule has 0 bridgehead atoms. The number of carbonyl (C=O) groups excluding carboxylic acids is 2. The molecule has 3 aliphatic rings. The molecule has 2 aliphatic heterocycles. The SMILES string of the molecule is COc1cccc2c1CC[C@@H]1[C@H]2CCN1CCCCCCN1C(=O)c2ccccc2C1=O. The third-order valence-corrected chi connectivity index (χ3v) is 7.59. The van der Waals surface area contributed by atoms with Crippen molar-refractivity contribution in [3.05, 3.63) is 64.7 Å². The highest BCUT2D eigenvalue weighted by Crippen LogP contribution is 2.44. The molecule has 2 aromatic carbocycles. The highest BCUT2D eigenvalue weighted by Gasteiger charge is 2.39. The van der Waals surface area contributed by atoms with Gasteiger partial charge in [0.2, 0.25) is 0 Å². The van der Waals surface area contributed by atoms with E-state index in [-0.39, 0.29) is 11.8 Å². The molecular formula is C27H32N2O3. The van der Waals surface area contributed by atoms with Crippen LogP contribution in [0.15, 0.2) is 42.5 Å². The van der Waals surface area contributed by atoms with E-state index >= 15 is 0 Å². The summed E-state index contributed by atoms with van der Waals surface area (Å²) in [6.45, 7) is 2.86. The molecule has 0 spiro atoms. The van der Waals surface area contributed by atoms with Crippen molar-refractivity contribution < 1.29 is 14.3 Å². The Bertz CT molecular complexity index is 983. The van der Waals surface area contributed by atoms with Crippen LogP contribution in [0.4, 0.5) is 0 Å². The number of hydrogen-bond donors (Lipinski definition) is 0. The largest absolute Gasteiger partial charge is 0.496 e. The van der Waals surface area contributed by atoms with E-state index in [9.17, 15) is 9.59 Å². The number of ether oxygens (including phenoxy) is 1. The minimum absolute atomic E-state index is 0.136. The molecule has 2 amide bonds. The number of likely N-dealkylation sites (tertiary alicyclic amines) is 1. The van der Waals surface area contributed by atoms with Crippen molar-refractivity contribution in [2.75, 3.05) is 26.7 Å². The molecule has 0 saturated carbocycles. The van der Waals surface area contributed by atoms with Crippen LogP contribution < -0.4 is 4.74 Å². The lowest BCUT2D eigenvalue weighted by Crippen LogP contribution is -2.35. The molecule has 2 aromatic rings. The zero-order chi connectivity index (χ0) is 22.1. The van der Waals surface area contributed by atoms with E-state index in [1.807, 2.05) is 12.1 Å². The molecule has 1 fully saturated rings. The zero-order valence-electron chi connectivity index (χ0n) is 18.9. The quantitative estimate of drug-likeness (QED) is 0.450. The van der Waals surface area contributed by atoms with Gasteiger partial charge >= 0.3 is 0 Å². The number of amides is 2. The van der Waals surface area contributed by atoms with Gasteiger partial charge in [0, 0.05) is 18.5 Å². The lowest BCUT2D eigenvalue weighted by molar-refractivity contribution is 0.0651. The highest BCUT2D eigenvalue weighted by molar-refractivity contribution is 6.21. The van der Waals surface area contributed by atoms with E-state index in [4.69, 9.17) is 4.74 Å². The third-order valence-electron chi connectivity index (χ3n) is 7.59. The van der Waals surface area contributed by atoms with Crippen LogP contribution in [0, 0.1) is 0 Å². The summed E-state index contributed by atoms with van der Waals surface area (Å²) in [4.78, 5) is 29.0. The minimum atomic E-state index is -0.136. The van der Waals surface area contributed by atoms with Crippen LogP contribution in [-0.2, 0) is 6.42 Å². The standard InChI is InChI=1S/C27H32N2O3/c1-32-25-12-8-11-19-20-15-18-28(24(20)14-13-21(19)25)16-6-2-3-7-17-29-26(30)22-9-4-5-10-23(22)27(29)31/h4-5,8-12,20,24H,2-3,6-7,13-18H2,1H3/t20-,24+/m0/s1. The van der Waals surface area contributed by atoms with E-state index in [0.29, 0.717) is 29.6 Å². The molecule has 1 aliphatic carbocycles. The van der Waals surface area contributed by atoms with Gasteiger partial charge < -0.3 is 4.74 Å². The average molecular weight is 433 g/mol. The number of hydrogen-bond acceptors (Lipinski definition) is 4. The molecule has 0 unspecified atom stereocenters. The minimum Gasteiger partial charge on any atom is -0.496 e. The summed E-state index contributed by atoms with van der Waals surface area (Å²) >= 11 is 0. The second-order valence-corrected chi connectivity index (χ2v) is 9.29. The maximum absolute atomic E-state index is 12.5. The number of carbonyl (C=O) groups is 2. The Balaban J connectivity index is 1.06. The van der Waals surface area contributed by atoms with E-state index in [0.717, 1.165) is 38.0 Å². The van der Waals surface area contributed by atoms with Gasteiger partial charge in [-0.05, 0) is 74.5 Å². The lowest BCUT2D eigenvalue weighted by Gasteiger charge is -2.34. The Morgan fingerprint density at radius 3 is 2.31 bits per heavy atom. The molecule has 1 saturated heterocycles. The van der Waals surface area contributed by atoms with Crippen LogP contribution in [0.5, 0.6) is 5.75 Å². The number of fused-ring (bicyclic) bond motifs is 4. The number of unbranched alkanes of at least 4 members (excludes halogenated alkanes) is 3. The van der Waals surface area contributed by atoms with Gasteiger partial charge in [0.25, 0.3) is 11.8 Å². The maximum atomic E-state index is 12.5. The summed E-state index contributed by atoms with van der Waals surface area (Å²) in [5.74, 6) is 1.42. The number of rotatable bonds is 8. The van der Waals surface area contributed by atoms with Crippen molar-refractivity contribution in [2.45, 2.75) is 56.9 Å². The van der Waals surface area contributed by atoms with Gasteiger partial charge in [0.1, 0.15) is 5.75 Å². The van der Waals surface area contributed by atoms with Crippen LogP contribution in [-0.4, -0.2) is 54.4 Å². The Morgan fingerprint density at radius 1 is 0.875 bits per heavy atom. The fraction of sp³-hybridized carbons (Fsp3) is 0.481. The fourth-order valence-corrected chi connectivity index (χ4v) is 6.00. The molecule has 0 radical (unpaired) electrons. The average Bonchev–Trinajstić information content (AvgIpc) is 3.35. The first-order valence-corrected chi connectivity index (χ1v) is 12.0. The van der Waals surface area contributed by atoms with Gasteiger partial charge in [-0.3, -0.25) is 19.4 Å². The molecule has 5 rings (SSSR count). The maximum Gasteiger partial charge on any atom is 0.261 e. The summed E-state index contributed by atoms with van der Waals surface area (Å²) in [7, 11) is 1.77. The first-order valence-electron chi connectivity index (χ1n) is 12.0. The predicted molar refractivity (Wildman–Crippen MR) is 124 cm³/mol. The molecule has 168 valence electrons. The summed E-state index contributed by atoms with van der Waals surface area (Å²) in [5.41, 5.74) is 4.02. The summed E-state index contributed by atoms with van der Waals surface area (Å²) in [5, 5.41) is 0. The van der Waals surface area contributed by atoms with Crippen molar-refractivity contribution in [1.29, 1.82) is 0 Å². The van der Waals surface area contributed by atoms with Crippen LogP contribution in [0.1, 0.15) is 76.3 Å². The molecule has 32 heavy (non-hydrogen) atoms. The van der Waals surface area contributed by atoms with Gasteiger partial charge in [-0.25, -0.2) is 0 Å². The molecule has 0 aromatic heterocycles. The number of benzene rings is 2. The van der Waals surface area contributed by atoms with E-state index in [1.165, 1.54) is 41.8 Å². The van der Waals surface area contributed by atoms with Crippen molar-refractivity contribution in [2.24, 2.45) is 0 Å². The second-order valence-electron chi connectivity index (χ2n) is 9.29. The Hall–Kier alpha value is -2.66. The molecule has 2 atom stereocenters. The molecule has 0 N–H and O–H groups in total. The van der Waals surface area contributed by atoms with Gasteiger partial charge in [0.15, 0.2) is 0 Å². The Labute approximate surface area is 190 Å². The summed E-state index contributed by atoms with van der Waals surface area (Å²) < 4.78 is 5.60. The normalized spacial score (nSPS) is 22.1. The topological polar surface area (TPSA) is 49.9 Å². The van der Waals surface area contributed by atoms with Crippen LogP contribution in [0.2, 0.25) is 0 Å². The highest BCUT2D eigenvalue weighted by atomic mass is 16.5. The number of imide groups is 1. The van der Waals surface area contributed by atoms with Crippen molar-refractivity contribution in [1.82, 2.24) is 9.80 Å². The number of nitrogens with zero attached hydrogens (tertiary/aromatic N) is 2. The zero-order valence-corrected chi connectivity index (χ0v) is 18.9.